The molecule has 9 heteroatoms. The Balaban J connectivity index is 1.60. The highest BCUT2D eigenvalue weighted by Crippen LogP contribution is 2.34. The number of hydrogen-bond acceptors (Lipinski definition) is 6. The Kier molecular flexibility index (Phi) is 4.70. The second-order valence-corrected chi connectivity index (χ2v) is 6.73. The number of carbonyl (C=O) groups is 1. The number of benzene rings is 2. The molecule has 0 spiro atoms. The summed E-state index contributed by atoms with van der Waals surface area (Å²) in [5.74, 6) is 0.595. The van der Waals surface area contributed by atoms with E-state index in [1.807, 2.05) is 48.5 Å². The van der Waals surface area contributed by atoms with E-state index in [4.69, 9.17) is 22.1 Å². The number of nitrogens with two attached hydrogens (primary N) is 1. The zero-order chi connectivity index (χ0) is 19.7. The van der Waals surface area contributed by atoms with Crippen molar-refractivity contribution in [2.75, 3.05) is 5.32 Å². The minimum absolute atomic E-state index is 0.356. The monoisotopic (exact) mass is 396 g/mol. The van der Waals surface area contributed by atoms with E-state index in [1.54, 1.807) is 6.92 Å². The molecular weight excluding hydrogens is 380 g/mol. The van der Waals surface area contributed by atoms with Crippen LogP contribution in [0.5, 0.6) is 5.75 Å². The molecule has 4 rings (SSSR count). The second kappa shape index (κ2) is 7.32. The Hall–Kier alpha value is -3.39. The molecule has 2 aromatic carbocycles. The molecule has 0 aliphatic carbocycles. The van der Waals surface area contributed by atoms with Gasteiger partial charge in [-0.15, -0.1) is 0 Å². The largest absolute Gasteiger partial charge is 0.489 e. The molecule has 1 aliphatic heterocycles. The second-order valence-electron chi connectivity index (χ2n) is 6.33. The Morgan fingerprint density at radius 2 is 2.00 bits per heavy atom. The Morgan fingerprint density at radius 1 is 1.25 bits per heavy atom. The molecule has 1 unspecified atom stereocenters. The smallest absolute Gasteiger partial charge is 0.248 e. The van der Waals surface area contributed by atoms with Crippen molar-refractivity contribution in [1.29, 1.82) is 0 Å². The van der Waals surface area contributed by atoms with Gasteiger partial charge in [0.05, 0.1) is 5.57 Å². The first-order chi connectivity index (χ1) is 13.5. The molecule has 3 aromatic rings. The summed E-state index contributed by atoms with van der Waals surface area (Å²) in [6.45, 7) is 2.13. The molecule has 0 bridgehead atoms. The van der Waals surface area contributed by atoms with Crippen LogP contribution >= 0.6 is 11.6 Å². The normalized spacial score (nSPS) is 15.7. The van der Waals surface area contributed by atoms with Gasteiger partial charge in [0.15, 0.2) is 0 Å². The van der Waals surface area contributed by atoms with E-state index in [0.29, 0.717) is 34.6 Å². The molecule has 1 atom stereocenters. The van der Waals surface area contributed by atoms with Crippen LogP contribution in [-0.4, -0.2) is 26.1 Å². The maximum atomic E-state index is 12.0. The number of anilines is 1. The minimum atomic E-state index is -0.532. The molecule has 0 saturated carbocycles. The number of halogens is 1. The lowest BCUT2D eigenvalue weighted by Crippen LogP contribution is -2.31. The summed E-state index contributed by atoms with van der Waals surface area (Å²) in [7, 11) is 0. The van der Waals surface area contributed by atoms with Crippen molar-refractivity contribution < 1.29 is 9.53 Å². The molecule has 0 radical (unpaired) electrons. The van der Waals surface area contributed by atoms with Crippen molar-refractivity contribution in [2.45, 2.75) is 19.6 Å². The summed E-state index contributed by atoms with van der Waals surface area (Å²) in [5, 5.41) is 15.3. The number of fused-ring (bicyclic) bond motifs is 1. The molecule has 0 saturated heterocycles. The number of nitrogens with zero attached hydrogens (tertiary/aromatic N) is 4. The van der Waals surface area contributed by atoms with E-state index in [1.165, 1.54) is 4.68 Å². The number of ether oxygens (including phenoxy) is 1. The molecule has 0 fully saturated rings. The summed E-state index contributed by atoms with van der Waals surface area (Å²) in [5.41, 5.74) is 8.36. The van der Waals surface area contributed by atoms with E-state index in [0.717, 1.165) is 11.1 Å². The number of nitrogens with one attached hydrogen (secondary N) is 1. The number of tetrazole rings is 1. The third-order valence-electron chi connectivity index (χ3n) is 4.53. The Morgan fingerprint density at radius 3 is 2.71 bits per heavy atom. The Labute approximate surface area is 165 Å². The molecular formula is C19H17ClN6O2. The van der Waals surface area contributed by atoms with Crippen LogP contribution in [0.1, 0.15) is 24.1 Å². The standard InChI is InChI=1S/C19H17ClN6O2/c1-11-16(18(21)27)17(26-19(22-11)23-24-25-26)12-6-8-14(9-7-12)28-10-13-4-2-3-5-15(13)20/h2-9,17H,10H2,1H3,(H2,21,27)(H,22,23,25). The fraction of sp³-hybridized carbons (Fsp3) is 0.158. The van der Waals surface area contributed by atoms with Crippen LogP contribution in [0.4, 0.5) is 5.95 Å². The van der Waals surface area contributed by atoms with Gasteiger partial charge in [0.1, 0.15) is 18.4 Å². The van der Waals surface area contributed by atoms with Crippen LogP contribution in [0, 0.1) is 0 Å². The lowest BCUT2D eigenvalue weighted by molar-refractivity contribution is -0.115. The summed E-state index contributed by atoms with van der Waals surface area (Å²) in [4.78, 5) is 12.0. The lowest BCUT2D eigenvalue weighted by Gasteiger charge is -2.26. The fourth-order valence-electron chi connectivity index (χ4n) is 3.16. The Bertz CT molecular complexity index is 1060. The van der Waals surface area contributed by atoms with E-state index >= 15 is 0 Å². The first-order valence-electron chi connectivity index (χ1n) is 8.56. The number of hydrogen-bond donors (Lipinski definition) is 2. The SMILES string of the molecule is CC1=C(C(N)=O)C(c2ccc(OCc3ccccc3Cl)cc2)n2nnnc2N1. The van der Waals surface area contributed by atoms with Crippen LogP contribution in [0.2, 0.25) is 5.02 Å². The zero-order valence-electron chi connectivity index (χ0n) is 15.0. The first-order valence-corrected chi connectivity index (χ1v) is 8.94. The van der Waals surface area contributed by atoms with Gasteiger partial charge in [-0.25, -0.2) is 0 Å². The number of carbonyl (C=O) groups excluding carboxylic acids is 1. The number of rotatable bonds is 5. The zero-order valence-corrected chi connectivity index (χ0v) is 15.7. The molecule has 8 nitrogen and oxygen atoms in total. The number of amides is 1. The molecule has 28 heavy (non-hydrogen) atoms. The maximum absolute atomic E-state index is 12.0. The quantitative estimate of drug-likeness (QED) is 0.686. The highest BCUT2D eigenvalue weighted by atomic mass is 35.5. The van der Waals surface area contributed by atoms with Crippen LogP contribution in [0.25, 0.3) is 0 Å². The number of aromatic nitrogens is 4. The van der Waals surface area contributed by atoms with Crippen molar-refractivity contribution in [3.8, 4) is 5.75 Å². The first kappa shape index (κ1) is 18.0. The molecule has 3 N–H and O–H groups in total. The van der Waals surface area contributed by atoms with Crippen molar-refractivity contribution in [2.24, 2.45) is 5.73 Å². The van der Waals surface area contributed by atoms with Gasteiger partial charge in [0.25, 0.3) is 0 Å². The number of primary amides is 1. The predicted molar refractivity (Wildman–Crippen MR) is 104 cm³/mol. The van der Waals surface area contributed by atoms with Crippen LogP contribution in [0.3, 0.4) is 0 Å². The van der Waals surface area contributed by atoms with Crippen molar-refractivity contribution >= 4 is 23.5 Å². The van der Waals surface area contributed by atoms with Crippen molar-refractivity contribution in [1.82, 2.24) is 20.2 Å². The molecule has 1 aromatic heterocycles. The molecule has 1 amide bonds. The topological polar surface area (TPSA) is 108 Å². The van der Waals surface area contributed by atoms with E-state index in [2.05, 4.69) is 20.8 Å². The van der Waals surface area contributed by atoms with Gasteiger partial charge in [0.2, 0.25) is 11.9 Å². The molecule has 2 heterocycles. The summed E-state index contributed by atoms with van der Waals surface area (Å²) < 4.78 is 7.35. The van der Waals surface area contributed by atoms with E-state index in [9.17, 15) is 4.79 Å². The average molecular weight is 397 g/mol. The van der Waals surface area contributed by atoms with Gasteiger partial charge in [0, 0.05) is 16.3 Å². The van der Waals surface area contributed by atoms with Gasteiger partial charge >= 0.3 is 0 Å². The van der Waals surface area contributed by atoms with Crippen molar-refractivity contribution in [3.05, 3.63) is 76.0 Å². The van der Waals surface area contributed by atoms with Crippen molar-refractivity contribution in [3.63, 3.8) is 0 Å². The summed E-state index contributed by atoms with van der Waals surface area (Å²) in [6, 6.07) is 14.4. The van der Waals surface area contributed by atoms with Gasteiger partial charge in [-0.05, 0) is 41.1 Å². The summed E-state index contributed by atoms with van der Waals surface area (Å²) in [6.07, 6.45) is 0. The molecule has 142 valence electrons. The highest BCUT2D eigenvalue weighted by molar-refractivity contribution is 6.31. The average Bonchev–Trinajstić information content (AvgIpc) is 3.14. The third kappa shape index (κ3) is 3.29. The van der Waals surface area contributed by atoms with Crippen LogP contribution in [0.15, 0.2) is 59.8 Å². The van der Waals surface area contributed by atoms with Crippen LogP contribution in [-0.2, 0) is 11.4 Å². The summed E-state index contributed by atoms with van der Waals surface area (Å²) >= 11 is 6.16. The van der Waals surface area contributed by atoms with Gasteiger partial charge in [-0.1, -0.05) is 47.0 Å². The number of allylic oxidation sites excluding steroid dienone is 1. The minimum Gasteiger partial charge on any atom is -0.489 e. The van der Waals surface area contributed by atoms with E-state index in [-0.39, 0.29) is 0 Å². The highest BCUT2D eigenvalue weighted by Gasteiger charge is 2.32. The predicted octanol–water partition coefficient (Wildman–Crippen LogP) is 2.68. The van der Waals surface area contributed by atoms with Gasteiger partial charge in [-0.3, -0.25) is 4.79 Å². The van der Waals surface area contributed by atoms with Crippen LogP contribution < -0.4 is 15.8 Å². The maximum Gasteiger partial charge on any atom is 0.248 e. The van der Waals surface area contributed by atoms with E-state index < -0.39 is 11.9 Å². The molecule has 1 aliphatic rings. The third-order valence-corrected chi connectivity index (χ3v) is 4.90. The fourth-order valence-corrected chi connectivity index (χ4v) is 3.35. The van der Waals surface area contributed by atoms with Gasteiger partial charge < -0.3 is 15.8 Å². The lowest BCUT2D eigenvalue weighted by atomic mass is 9.95. The van der Waals surface area contributed by atoms with Gasteiger partial charge in [-0.2, -0.15) is 4.68 Å².